The molecule has 1 aliphatic rings. The van der Waals surface area contributed by atoms with Crippen LogP contribution in [0.2, 0.25) is 0 Å². The lowest BCUT2D eigenvalue weighted by Gasteiger charge is -2.28. The second-order valence-corrected chi connectivity index (χ2v) is 10.3. The molecule has 2 aromatic heterocycles. The van der Waals surface area contributed by atoms with E-state index in [9.17, 15) is 13.2 Å². The van der Waals surface area contributed by atoms with E-state index in [4.69, 9.17) is 9.15 Å². The molecule has 168 valence electrons. The number of carbonyl (C=O) groups excluding carboxylic acids is 1. The lowest BCUT2D eigenvalue weighted by Crippen LogP contribution is -2.35. The lowest BCUT2D eigenvalue weighted by atomic mass is 10.0. The number of nitrogens with zero attached hydrogens (tertiary/aromatic N) is 3. The SMILES string of the molecule is O=C(OCc1nnc(-c2cccs2)o1)c1ccc(S(=O)(=O)N2CCc3ccccc3C2)cc1. The van der Waals surface area contributed by atoms with Crippen LogP contribution < -0.4 is 0 Å². The quantitative estimate of drug-likeness (QED) is 0.385. The Labute approximate surface area is 194 Å². The second kappa shape index (κ2) is 8.89. The third-order valence-corrected chi connectivity index (χ3v) is 8.07. The zero-order valence-electron chi connectivity index (χ0n) is 17.4. The number of hydrogen-bond donors (Lipinski definition) is 0. The zero-order valence-corrected chi connectivity index (χ0v) is 19.0. The standard InChI is InChI=1S/C23H19N3O5S2/c27-23(30-15-21-24-25-22(31-21)20-6-3-13-32-20)17-7-9-19(10-8-17)33(28,29)26-12-11-16-4-1-2-5-18(16)14-26/h1-10,13H,11-12,14-15H2. The maximum atomic E-state index is 13.1. The van der Waals surface area contributed by atoms with Gasteiger partial charge in [0, 0.05) is 13.1 Å². The Morgan fingerprint density at radius 1 is 1.03 bits per heavy atom. The van der Waals surface area contributed by atoms with Gasteiger partial charge in [0.05, 0.1) is 15.3 Å². The smallest absolute Gasteiger partial charge is 0.338 e. The summed E-state index contributed by atoms with van der Waals surface area (Å²) in [6.45, 7) is 0.575. The lowest BCUT2D eigenvalue weighted by molar-refractivity contribution is 0.0438. The van der Waals surface area contributed by atoms with Crippen molar-refractivity contribution < 1.29 is 22.4 Å². The van der Waals surface area contributed by atoms with E-state index in [1.165, 1.54) is 45.5 Å². The number of carbonyl (C=O) groups is 1. The molecule has 4 aromatic rings. The van der Waals surface area contributed by atoms with Crippen molar-refractivity contribution in [3.05, 3.63) is 88.6 Å². The highest BCUT2D eigenvalue weighted by atomic mass is 32.2. The van der Waals surface area contributed by atoms with E-state index in [2.05, 4.69) is 10.2 Å². The molecule has 8 nitrogen and oxygen atoms in total. The molecule has 5 rings (SSSR count). The molecule has 0 atom stereocenters. The highest BCUT2D eigenvalue weighted by Gasteiger charge is 2.28. The Morgan fingerprint density at radius 2 is 1.82 bits per heavy atom. The van der Waals surface area contributed by atoms with Crippen molar-refractivity contribution >= 4 is 27.3 Å². The molecule has 10 heteroatoms. The third kappa shape index (κ3) is 4.45. The molecular formula is C23H19N3O5S2. The first kappa shape index (κ1) is 21.5. The van der Waals surface area contributed by atoms with E-state index in [0.29, 0.717) is 25.4 Å². The molecule has 0 N–H and O–H groups in total. The maximum Gasteiger partial charge on any atom is 0.338 e. The molecule has 0 amide bonds. The summed E-state index contributed by atoms with van der Waals surface area (Å²) < 4.78 is 38.3. The Kier molecular flexibility index (Phi) is 5.79. The van der Waals surface area contributed by atoms with Crippen LogP contribution in [0.15, 0.2) is 75.4 Å². The van der Waals surface area contributed by atoms with Gasteiger partial charge in [-0.05, 0) is 53.3 Å². The molecule has 0 unspecified atom stereocenters. The zero-order chi connectivity index (χ0) is 22.8. The van der Waals surface area contributed by atoms with Crippen molar-refractivity contribution in [1.29, 1.82) is 0 Å². The maximum absolute atomic E-state index is 13.1. The van der Waals surface area contributed by atoms with Gasteiger partial charge in [-0.2, -0.15) is 4.31 Å². The topological polar surface area (TPSA) is 103 Å². The molecule has 0 spiro atoms. The van der Waals surface area contributed by atoms with E-state index in [-0.39, 0.29) is 23.0 Å². The Balaban J connectivity index is 1.23. The van der Waals surface area contributed by atoms with Gasteiger partial charge in [0.2, 0.25) is 10.0 Å². The number of benzene rings is 2. The molecule has 0 saturated heterocycles. The van der Waals surface area contributed by atoms with Gasteiger partial charge in [-0.15, -0.1) is 21.5 Å². The number of thiophene rings is 1. The van der Waals surface area contributed by atoms with E-state index < -0.39 is 16.0 Å². The van der Waals surface area contributed by atoms with Crippen molar-refractivity contribution in [2.75, 3.05) is 6.54 Å². The van der Waals surface area contributed by atoms with Crippen LogP contribution in [0.3, 0.4) is 0 Å². The van der Waals surface area contributed by atoms with Gasteiger partial charge < -0.3 is 9.15 Å². The first-order valence-corrected chi connectivity index (χ1v) is 12.5. The minimum Gasteiger partial charge on any atom is -0.452 e. The fourth-order valence-corrected chi connectivity index (χ4v) is 5.67. The van der Waals surface area contributed by atoms with Gasteiger partial charge in [-0.3, -0.25) is 0 Å². The summed E-state index contributed by atoms with van der Waals surface area (Å²) in [6, 6.07) is 17.3. The van der Waals surface area contributed by atoms with Gasteiger partial charge >= 0.3 is 5.97 Å². The minimum absolute atomic E-state index is 0.135. The van der Waals surface area contributed by atoms with Crippen LogP contribution in [0.25, 0.3) is 10.8 Å². The average Bonchev–Trinajstić information content (AvgIpc) is 3.54. The number of esters is 1. The van der Waals surface area contributed by atoms with E-state index in [0.717, 1.165) is 10.4 Å². The summed E-state index contributed by atoms with van der Waals surface area (Å²) in [5.74, 6) is -0.0657. The third-order valence-electron chi connectivity index (χ3n) is 5.35. The summed E-state index contributed by atoms with van der Waals surface area (Å²) >= 11 is 1.46. The molecular weight excluding hydrogens is 462 g/mol. The van der Waals surface area contributed by atoms with Crippen LogP contribution in [0.4, 0.5) is 0 Å². The summed E-state index contributed by atoms with van der Waals surface area (Å²) in [5.41, 5.74) is 2.41. The van der Waals surface area contributed by atoms with Crippen LogP contribution in [0.5, 0.6) is 0 Å². The van der Waals surface area contributed by atoms with Crippen LogP contribution in [0.1, 0.15) is 27.4 Å². The summed E-state index contributed by atoms with van der Waals surface area (Å²) in [5, 5.41) is 9.71. The van der Waals surface area contributed by atoms with Gasteiger partial charge in [-0.1, -0.05) is 30.3 Å². The van der Waals surface area contributed by atoms with Crippen molar-refractivity contribution in [3.8, 4) is 10.8 Å². The molecule has 0 fully saturated rings. The first-order valence-electron chi connectivity index (χ1n) is 10.2. The number of hydrogen-bond acceptors (Lipinski definition) is 8. The van der Waals surface area contributed by atoms with Crippen molar-refractivity contribution in [3.63, 3.8) is 0 Å². The monoisotopic (exact) mass is 481 g/mol. The first-order chi connectivity index (χ1) is 16.0. The summed E-state index contributed by atoms with van der Waals surface area (Å²) in [4.78, 5) is 13.3. The predicted octanol–water partition coefficient (Wildman–Crippen LogP) is 3.90. The highest BCUT2D eigenvalue weighted by molar-refractivity contribution is 7.89. The molecule has 33 heavy (non-hydrogen) atoms. The fraction of sp³-hybridized carbons (Fsp3) is 0.174. The van der Waals surface area contributed by atoms with Crippen LogP contribution >= 0.6 is 11.3 Å². The number of rotatable bonds is 6. The average molecular weight is 482 g/mol. The number of fused-ring (bicyclic) bond motifs is 1. The second-order valence-electron chi connectivity index (χ2n) is 7.44. The van der Waals surface area contributed by atoms with Crippen LogP contribution in [-0.4, -0.2) is 35.4 Å². The van der Waals surface area contributed by atoms with Gasteiger partial charge in [0.1, 0.15) is 0 Å². The van der Waals surface area contributed by atoms with E-state index >= 15 is 0 Å². The van der Waals surface area contributed by atoms with Crippen molar-refractivity contribution in [1.82, 2.24) is 14.5 Å². The van der Waals surface area contributed by atoms with Crippen LogP contribution in [-0.2, 0) is 34.3 Å². The van der Waals surface area contributed by atoms with E-state index in [1.807, 2.05) is 41.8 Å². The van der Waals surface area contributed by atoms with Gasteiger partial charge in [-0.25, -0.2) is 13.2 Å². The van der Waals surface area contributed by atoms with Crippen molar-refractivity contribution in [2.45, 2.75) is 24.5 Å². The molecule has 2 aromatic carbocycles. The Hall–Kier alpha value is -3.34. The predicted molar refractivity (Wildman–Crippen MR) is 121 cm³/mol. The van der Waals surface area contributed by atoms with Gasteiger partial charge in [0.15, 0.2) is 6.61 Å². The summed E-state index contributed by atoms with van der Waals surface area (Å²) in [6.07, 6.45) is 0.670. The van der Waals surface area contributed by atoms with Crippen molar-refractivity contribution in [2.24, 2.45) is 0 Å². The molecule has 0 bridgehead atoms. The Morgan fingerprint density at radius 3 is 2.58 bits per heavy atom. The fourth-order valence-electron chi connectivity index (χ4n) is 3.61. The molecule has 0 aliphatic carbocycles. The largest absolute Gasteiger partial charge is 0.452 e. The molecule has 0 saturated carbocycles. The summed E-state index contributed by atoms with van der Waals surface area (Å²) in [7, 11) is -3.67. The van der Waals surface area contributed by atoms with Crippen LogP contribution in [0, 0.1) is 0 Å². The van der Waals surface area contributed by atoms with E-state index in [1.54, 1.807) is 0 Å². The highest BCUT2D eigenvalue weighted by Crippen LogP contribution is 2.26. The Bertz CT molecular complexity index is 1380. The minimum atomic E-state index is -3.67. The number of ether oxygens (including phenoxy) is 1. The number of aromatic nitrogens is 2. The molecule has 1 aliphatic heterocycles. The normalized spacial score (nSPS) is 14.1. The number of sulfonamides is 1. The molecule has 3 heterocycles. The molecule has 0 radical (unpaired) electrons. The van der Waals surface area contributed by atoms with Gasteiger partial charge in [0.25, 0.3) is 11.8 Å².